The summed E-state index contributed by atoms with van der Waals surface area (Å²) in [6, 6.07) is 5.30. The molecule has 0 radical (unpaired) electrons. The molecule has 7 heteroatoms. The lowest BCUT2D eigenvalue weighted by atomic mass is 10.2. The molecule has 1 aliphatic carbocycles. The van der Waals surface area contributed by atoms with Crippen LogP contribution in [0.3, 0.4) is 0 Å². The van der Waals surface area contributed by atoms with E-state index in [0.717, 1.165) is 5.56 Å². The van der Waals surface area contributed by atoms with Crippen molar-refractivity contribution in [2.24, 2.45) is 0 Å². The second-order valence-corrected chi connectivity index (χ2v) is 6.97. The highest BCUT2D eigenvalue weighted by Crippen LogP contribution is 2.23. The summed E-state index contributed by atoms with van der Waals surface area (Å²) < 4.78 is 24.1. The first-order valence-corrected chi connectivity index (χ1v) is 7.96. The Morgan fingerprint density at radius 3 is 2.63 bits per heavy atom. The molecule has 1 aromatic rings. The van der Waals surface area contributed by atoms with Crippen molar-refractivity contribution in [2.45, 2.75) is 30.3 Å². The fourth-order valence-corrected chi connectivity index (χ4v) is 3.00. The molecule has 2 N–H and O–H groups in total. The lowest BCUT2D eigenvalue weighted by Gasteiger charge is -2.14. The standard InChI is InChI=1S/C12H18ClN3O2S/c1-16(2)15-19(17,18)11-5-6-12(13)9(7-11)8-14-10-3-4-10/h5-7,10,14-15H,3-4,8H2,1-2H3. The van der Waals surface area contributed by atoms with Crippen LogP contribution in [-0.4, -0.2) is 33.6 Å². The van der Waals surface area contributed by atoms with Crippen LogP contribution in [0.1, 0.15) is 18.4 Å². The number of hydrazine groups is 1. The van der Waals surface area contributed by atoms with Gasteiger partial charge in [-0.1, -0.05) is 11.6 Å². The van der Waals surface area contributed by atoms with Crippen LogP contribution in [0.15, 0.2) is 23.1 Å². The van der Waals surface area contributed by atoms with Crippen LogP contribution in [0, 0.1) is 0 Å². The fraction of sp³-hybridized carbons (Fsp3) is 0.500. The van der Waals surface area contributed by atoms with Gasteiger partial charge in [0, 0.05) is 31.7 Å². The van der Waals surface area contributed by atoms with Gasteiger partial charge in [0.25, 0.3) is 10.0 Å². The van der Waals surface area contributed by atoms with E-state index in [1.54, 1.807) is 26.2 Å². The molecule has 1 aliphatic rings. The molecule has 0 saturated heterocycles. The van der Waals surface area contributed by atoms with Crippen molar-refractivity contribution < 1.29 is 8.42 Å². The molecule has 0 bridgehead atoms. The number of hydrogen-bond donors (Lipinski definition) is 2. The molecule has 1 aromatic carbocycles. The van der Waals surface area contributed by atoms with Crippen LogP contribution in [0.2, 0.25) is 5.02 Å². The normalized spacial score (nSPS) is 16.0. The van der Waals surface area contributed by atoms with E-state index in [-0.39, 0.29) is 4.90 Å². The van der Waals surface area contributed by atoms with E-state index in [1.165, 1.54) is 23.9 Å². The maximum Gasteiger partial charge on any atom is 0.253 e. The van der Waals surface area contributed by atoms with E-state index < -0.39 is 10.0 Å². The number of hydrogen-bond acceptors (Lipinski definition) is 4. The van der Waals surface area contributed by atoms with Gasteiger partial charge in [-0.2, -0.15) is 0 Å². The Morgan fingerprint density at radius 1 is 1.37 bits per heavy atom. The van der Waals surface area contributed by atoms with Crippen molar-refractivity contribution in [2.75, 3.05) is 14.1 Å². The Kier molecular flexibility index (Phi) is 4.47. The zero-order valence-electron chi connectivity index (χ0n) is 11.0. The summed E-state index contributed by atoms with van der Waals surface area (Å²) >= 11 is 6.09. The smallest absolute Gasteiger partial charge is 0.253 e. The SMILES string of the molecule is CN(C)NS(=O)(=O)c1ccc(Cl)c(CNC2CC2)c1. The number of nitrogens with zero attached hydrogens (tertiary/aromatic N) is 1. The van der Waals surface area contributed by atoms with Gasteiger partial charge in [0.2, 0.25) is 0 Å². The summed E-state index contributed by atoms with van der Waals surface area (Å²) in [6.45, 7) is 0.592. The van der Waals surface area contributed by atoms with Crippen molar-refractivity contribution >= 4 is 21.6 Å². The minimum Gasteiger partial charge on any atom is -0.310 e. The predicted molar refractivity (Wildman–Crippen MR) is 75.3 cm³/mol. The number of rotatable bonds is 6. The molecule has 106 valence electrons. The molecule has 0 atom stereocenters. The van der Waals surface area contributed by atoms with Crippen LogP contribution < -0.4 is 10.1 Å². The highest BCUT2D eigenvalue weighted by Gasteiger charge is 2.21. The Morgan fingerprint density at radius 2 is 2.05 bits per heavy atom. The molecule has 2 rings (SSSR count). The minimum absolute atomic E-state index is 0.221. The molecule has 5 nitrogen and oxygen atoms in total. The summed E-state index contributed by atoms with van der Waals surface area (Å²) in [5, 5.41) is 5.30. The number of halogens is 1. The van der Waals surface area contributed by atoms with Crippen molar-refractivity contribution in [3.05, 3.63) is 28.8 Å². The molecule has 1 saturated carbocycles. The first kappa shape index (κ1) is 14.7. The average molecular weight is 304 g/mol. The highest BCUT2D eigenvalue weighted by atomic mass is 35.5. The fourth-order valence-electron chi connectivity index (χ4n) is 1.69. The molecular formula is C12H18ClN3O2S. The quantitative estimate of drug-likeness (QED) is 0.779. The van der Waals surface area contributed by atoms with Crippen molar-refractivity contribution in [3.63, 3.8) is 0 Å². The topological polar surface area (TPSA) is 61.4 Å². The van der Waals surface area contributed by atoms with E-state index in [9.17, 15) is 8.42 Å². The second-order valence-electron chi connectivity index (χ2n) is 4.90. The molecule has 0 heterocycles. The molecule has 0 spiro atoms. The largest absolute Gasteiger partial charge is 0.310 e. The van der Waals surface area contributed by atoms with E-state index in [0.29, 0.717) is 17.6 Å². The molecule has 0 aromatic heterocycles. The van der Waals surface area contributed by atoms with Gasteiger partial charge in [-0.05, 0) is 36.6 Å². The third-order valence-electron chi connectivity index (χ3n) is 2.79. The van der Waals surface area contributed by atoms with Gasteiger partial charge >= 0.3 is 0 Å². The number of nitrogens with one attached hydrogen (secondary N) is 2. The van der Waals surface area contributed by atoms with Crippen LogP contribution in [0.4, 0.5) is 0 Å². The Bertz CT molecular complexity index is 556. The monoisotopic (exact) mass is 303 g/mol. The maximum atomic E-state index is 12.0. The van der Waals surface area contributed by atoms with Crippen molar-refractivity contribution in [1.29, 1.82) is 0 Å². The molecule has 19 heavy (non-hydrogen) atoms. The summed E-state index contributed by atoms with van der Waals surface area (Å²) in [5.74, 6) is 0. The molecular weight excluding hydrogens is 286 g/mol. The third kappa shape index (κ3) is 4.15. The molecule has 0 aliphatic heterocycles. The lowest BCUT2D eigenvalue weighted by Crippen LogP contribution is -2.36. The summed E-state index contributed by atoms with van der Waals surface area (Å²) in [4.78, 5) is 2.62. The van der Waals surface area contributed by atoms with E-state index in [1.807, 2.05) is 0 Å². The van der Waals surface area contributed by atoms with Gasteiger partial charge in [-0.15, -0.1) is 4.83 Å². The van der Waals surface area contributed by atoms with Gasteiger partial charge in [0.15, 0.2) is 0 Å². The summed E-state index contributed by atoms with van der Waals surface area (Å²) in [5.41, 5.74) is 0.801. The van der Waals surface area contributed by atoms with Crippen LogP contribution in [-0.2, 0) is 16.6 Å². The van der Waals surface area contributed by atoms with Gasteiger partial charge in [0.05, 0.1) is 4.90 Å². The molecule has 0 amide bonds. The molecule has 0 unspecified atom stereocenters. The Labute approximate surface area is 119 Å². The maximum absolute atomic E-state index is 12.0. The Hall–Kier alpha value is -0.660. The van der Waals surface area contributed by atoms with Crippen molar-refractivity contribution in [3.8, 4) is 0 Å². The van der Waals surface area contributed by atoms with Gasteiger partial charge < -0.3 is 5.32 Å². The van der Waals surface area contributed by atoms with Gasteiger partial charge in [-0.3, -0.25) is 0 Å². The van der Waals surface area contributed by atoms with Crippen molar-refractivity contribution in [1.82, 2.24) is 15.2 Å². The zero-order chi connectivity index (χ0) is 14.0. The first-order chi connectivity index (χ1) is 8.88. The third-order valence-corrected chi connectivity index (χ3v) is 4.64. The van der Waals surface area contributed by atoms with Gasteiger partial charge in [-0.25, -0.2) is 13.4 Å². The minimum atomic E-state index is -3.53. The van der Waals surface area contributed by atoms with Crippen LogP contribution >= 0.6 is 11.6 Å². The second kappa shape index (κ2) is 5.76. The average Bonchev–Trinajstić information content (AvgIpc) is 3.09. The zero-order valence-corrected chi connectivity index (χ0v) is 12.6. The summed E-state index contributed by atoms with van der Waals surface area (Å²) in [7, 11) is -0.276. The van der Waals surface area contributed by atoms with E-state index in [4.69, 9.17) is 11.6 Å². The highest BCUT2D eigenvalue weighted by molar-refractivity contribution is 7.89. The summed E-state index contributed by atoms with van der Waals surface area (Å²) in [6.07, 6.45) is 2.36. The number of benzene rings is 1. The molecule has 1 fully saturated rings. The van der Waals surface area contributed by atoms with Crippen LogP contribution in [0.5, 0.6) is 0 Å². The van der Waals surface area contributed by atoms with E-state index in [2.05, 4.69) is 10.1 Å². The predicted octanol–water partition coefficient (Wildman–Crippen LogP) is 1.35. The van der Waals surface area contributed by atoms with Crippen LogP contribution in [0.25, 0.3) is 0 Å². The number of sulfonamides is 1. The first-order valence-electron chi connectivity index (χ1n) is 6.10. The van der Waals surface area contributed by atoms with E-state index >= 15 is 0 Å². The Balaban J connectivity index is 2.18. The van der Waals surface area contributed by atoms with Gasteiger partial charge in [0.1, 0.15) is 0 Å². The lowest BCUT2D eigenvalue weighted by molar-refractivity contribution is 0.364.